The van der Waals surface area contributed by atoms with Gasteiger partial charge in [0.05, 0.1) is 10.8 Å². The Morgan fingerprint density at radius 1 is 1.32 bits per heavy atom. The summed E-state index contributed by atoms with van der Waals surface area (Å²) in [5, 5.41) is 9.88. The molecule has 3 rings (SSSR count). The summed E-state index contributed by atoms with van der Waals surface area (Å²) < 4.78 is 0. The third kappa shape index (κ3) is 2.65. The molecule has 3 nitrogen and oxygen atoms in total. The van der Waals surface area contributed by atoms with Crippen LogP contribution in [0.25, 0.3) is 0 Å². The summed E-state index contributed by atoms with van der Waals surface area (Å²) in [6, 6.07) is 11.9. The van der Waals surface area contributed by atoms with Gasteiger partial charge in [0.2, 0.25) is 0 Å². The van der Waals surface area contributed by atoms with Crippen molar-refractivity contribution in [2.75, 3.05) is 0 Å². The molecule has 2 aromatic rings. The van der Waals surface area contributed by atoms with Gasteiger partial charge in [-0.15, -0.1) is 0 Å². The number of ketones is 1. The van der Waals surface area contributed by atoms with E-state index in [1.807, 2.05) is 44.2 Å². The second-order valence-electron chi connectivity index (χ2n) is 5.54. The van der Waals surface area contributed by atoms with Gasteiger partial charge in [-0.2, -0.15) is 5.26 Å². The molecule has 110 valence electrons. The molecule has 22 heavy (non-hydrogen) atoms. The number of Topliss-reactive ketones (excluding diaryl/α,β-unsaturated/α-hetero) is 1. The van der Waals surface area contributed by atoms with E-state index in [1.54, 1.807) is 0 Å². The molecule has 0 fully saturated rings. The number of nitrogens with zero attached hydrogens (tertiary/aromatic N) is 2. The molecular formula is C18H16N2OS. The zero-order chi connectivity index (χ0) is 15.7. The zero-order valence-corrected chi connectivity index (χ0v) is 13.4. The first-order chi connectivity index (χ1) is 10.6. The predicted molar refractivity (Wildman–Crippen MR) is 87.2 cm³/mol. The van der Waals surface area contributed by atoms with Crippen molar-refractivity contribution in [3.63, 3.8) is 0 Å². The van der Waals surface area contributed by atoms with Crippen LogP contribution in [0.1, 0.15) is 39.2 Å². The Kier molecular flexibility index (Phi) is 4.00. The summed E-state index contributed by atoms with van der Waals surface area (Å²) in [6.45, 7) is 3.82. The molecule has 1 heterocycles. The SMILES string of the molecule is Cc1cc(C)c(C#N)c(SC2CCc3ccccc3C2=O)n1. The molecule has 4 heteroatoms. The van der Waals surface area contributed by atoms with Gasteiger partial charge in [0.1, 0.15) is 11.1 Å². The Balaban J connectivity index is 1.93. The highest BCUT2D eigenvalue weighted by atomic mass is 32.2. The zero-order valence-electron chi connectivity index (χ0n) is 12.6. The van der Waals surface area contributed by atoms with E-state index in [2.05, 4.69) is 11.1 Å². The third-order valence-corrected chi connectivity index (χ3v) is 5.18. The van der Waals surface area contributed by atoms with Gasteiger partial charge in [0.25, 0.3) is 0 Å². The van der Waals surface area contributed by atoms with E-state index in [4.69, 9.17) is 0 Å². The van der Waals surface area contributed by atoms with E-state index in [-0.39, 0.29) is 11.0 Å². The Hall–Kier alpha value is -2.12. The molecular weight excluding hydrogens is 292 g/mol. The number of rotatable bonds is 2. The molecule has 1 aromatic heterocycles. The van der Waals surface area contributed by atoms with E-state index >= 15 is 0 Å². The van der Waals surface area contributed by atoms with E-state index in [0.717, 1.165) is 35.2 Å². The van der Waals surface area contributed by atoms with Crippen LogP contribution in [-0.4, -0.2) is 16.0 Å². The number of hydrogen-bond donors (Lipinski definition) is 0. The molecule has 0 amide bonds. The normalized spacial score (nSPS) is 17.0. The predicted octanol–water partition coefficient (Wildman–Crippen LogP) is 3.86. The first-order valence-corrected chi connectivity index (χ1v) is 8.15. The fraction of sp³-hybridized carbons (Fsp3) is 0.278. The van der Waals surface area contributed by atoms with Crippen molar-refractivity contribution >= 4 is 17.5 Å². The minimum Gasteiger partial charge on any atom is -0.293 e. The van der Waals surface area contributed by atoms with Crippen LogP contribution in [0, 0.1) is 25.2 Å². The quantitative estimate of drug-likeness (QED) is 0.845. The lowest BCUT2D eigenvalue weighted by molar-refractivity contribution is 0.0979. The standard InChI is InChI=1S/C18H16N2OS/c1-11-9-12(2)20-18(15(11)10-19)22-16-8-7-13-5-3-4-6-14(13)17(16)21/h3-6,9,16H,7-8H2,1-2H3. The first-order valence-electron chi connectivity index (χ1n) is 7.27. The smallest absolute Gasteiger partial charge is 0.176 e. The Morgan fingerprint density at radius 2 is 2.09 bits per heavy atom. The molecule has 1 aromatic carbocycles. The summed E-state index contributed by atoms with van der Waals surface area (Å²) in [4.78, 5) is 17.1. The second-order valence-corrected chi connectivity index (χ2v) is 6.73. The molecule has 0 spiro atoms. The molecule has 0 N–H and O–H groups in total. The molecule has 0 saturated heterocycles. The monoisotopic (exact) mass is 308 g/mol. The maximum atomic E-state index is 12.7. The number of pyridine rings is 1. The number of benzene rings is 1. The minimum absolute atomic E-state index is 0.150. The number of nitriles is 1. The highest BCUT2D eigenvalue weighted by Crippen LogP contribution is 2.34. The third-order valence-electron chi connectivity index (χ3n) is 3.93. The van der Waals surface area contributed by atoms with Crippen LogP contribution >= 0.6 is 11.8 Å². The van der Waals surface area contributed by atoms with E-state index in [1.165, 1.54) is 11.8 Å². The van der Waals surface area contributed by atoms with Gasteiger partial charge in [0, 0.05) is 11.3 Å². The summed E-state index contributed by atoms with van der Waals surface area (Å²) in [5.41, 5.74) is 4.32. The van der Waals surface area contributed by atoms with E-state index < -0.39 is 0 Å². The van der Waals surface area contributed by atoms with E-state index in [0.29, 0.717) is 10.6 Å². The van der Waals surface area contributed by atoms with Crippen LogP contribution < -0.4 is 0 Å². The summed E-state index contributed by atoms with van der Waals surface area (Å²) in [5.74, 6) is 0.150. The van der Waals surface area contributed by atoms with Crippen LogP contribution in [0.4, 0.5) is 0 Å². The van der Waals surface area contributed by atoms with Gasteiger partial charge in [0.15, 0.2) is 5.78 Å². The fourth-order valence-electron chi connectivity index (χ4n) is 2.84. The molecule has 1 aliphatic carbocycles. The highest BCUT2D eigenvalue weighted by Gasteiger charge is 2.29. The average Bonchev–Trinajstić information content (AvgIpc) is 2.50. The number of aromatic nitrogens is 1. The van der Waals surface area contributed by atoms with Gasteiger partial charge in [-0.25, -0.2) is 4.98 Å². The number of carbonyl (C=O) groups excluding carboxylic acids is 1. The number of thioether (sulfide) groups is 1. The fourth-order valence-corrected chi connectivity index (χ4v) is 4.10. The first kappa shape index (κ1) is 14.8. The summed E-state index contributed by atoms with van der Waals surface area (Å²) >= 11 is 1.43. The minimum atomic E-state index is -0.157. The second kappa shape index (κ2) is 5.94. The molecule has 1 atom stereocenters. The molecule has 0 radical (unpaired) electrons. The van der Waals surface area contributed by atoms with Crippen LogP contribution in [0.3, 0.4) is 0 Å². The Bertz CT molecular complexity index is 792. The maximum absolute atomic E-state index is 12.7. The van der Waals surface area contributed by atoms with Crippen LogP contribution in [0.15, 0.2) is 35.4 Å². The molecule has 0 bridgehead atoms. The van der Waals surface area contributed by atoms with Crippen molar-refractivity contribution < 1.29 is 4.79 Å². The number of carbonyl (C=O) groups is 1. The molecule has 0 saturated carbocycles. The number of fused-ring (bicyclic) bond motifs is 1. The lowest BCUT2D eigenvalue weighted by atomic mass is 9.90. The molecule has 0 aliphatic heterocycles. The van der Waals surface area contributed by atoms with Crippen molar-refractivity contribution in [3.8, 4) is 6.07 Å². The van der Waals surface area contributed by atoms with Crippen molar-refractivity contribution in [3.05, 3.63) is 58.3 Å². The van der Waals surface area contributed by atoms with Crippen molar-refractivity contribution in [1.82, 2.24) is 4.98 Å². The summed E-state index contributed by atoms with van der Waals surface area (Å²) in [7, 11) is 0. The number of hydrogen-bond acceptors (Lipinski definition) is 4. The highest BCUT2D eigenvalue weighted by molar-refractivity contribution is 8.00. The van der Waals surface area contributed by atoms with Crippen LogP contribution in [0.2, 0.25) is 0 Å². The van der Waals surface area contributed by atoms with Gasteiger partial charge in [-0.05, 0) is 43.9 Å². The van der Waals surface area contributed by atoms with Crippen LogP contribution in [0.5, 0.6) is 0 Å². The van der Waals surface area contributed by atoms with Gasteiger partial charge >= 0.3 is 0 Å². The lowest BCUT2D eigenvalue weighted by Gasteiger charge is -2.23. The topological polar surface area (TPSA) is 53.8 Å². The lowest BCUT2D eigenvalue weighted by Crippen LogP contribution is -2.25. The van der Waals surface area contributed by atoms with Gasteiger partial charge < -0.3 is 0 Å². The maximum Gasteiger partial charge on any atom is 0.176 e. The largest absolute Gasteiger partial charge is 0.293 e. The Labute approximate surface area is 134 Å². The molecule has 1 aliphatic rings. The average molecular weight is 308 g/mol. The van der Waals surface area contributed by atoms with Crippen LogP contribution in [-0.2, 0) is 6.42 Å². The summed E-state index contributed by atoms with van der Waals surface area (Å²) in [6.07, 6.45) is 1.69. The van der Waals surface area contributed by atoms with Gasteiger partial charge in [-0.3, -0.25) is 4.79 Å². The molecule has 1 unspecified atom stereocenters. The van der Waals surface area contributed by atoms with Crippen molar-refractivity contribution in [1.29, 1.82) is 5.26 Å². The van der Waals surface area contributed by atoms with Crippen molar-refractivity contribution in [2.45, 2.75) is 37.0 Å². The number of aryl methyl sites for hydroxylation is 3. The van der Waals surface area contributed by atoms with Gasteiger partial charge in [-0.1, -0.05) is 36.0 Å². The van der Waals surface area contributed by atoms with E-state index in [9.17, 15) is 10.1 Å². The Morgan fingerprint density at radius 3 is 2.86 bits per heavy atom. The van der Waals surface area contributed by atoms with Crippen molar-refractivity contribution in [2.24, 2.45) is 0 Å².